The number of alkyl halides is 3. The molecule has 35 heavy (non-hydrogen) atoms. The molecule has 0 aliphatic rings. The summed E-state index contributed by atoms with van der Waals surface area (Å²) in [6, 6.07) is 6.77. The Labute approximate surface area is 214 Å². The SMILES string of the molecule is CCC[CH2][Sn]([CH2]CCC)([CH2]CCC)[CH2]n1ccc(C(F)(F)F)c(Oc2cc(Cl)cc(C#N)c2)c1=O. The summed E-state index contributed by atoms with van der Waals surface area (Å²) in [4.78, 5) is 13.5. The monoisotopic (exact) mass is 618 g/mol. The third kappa shape index (κ3) is 8.45. The summed E-state index contributed by atoms with van der Waals surface area (Å²) in [5.41, 5.74) is -1.79. The number of nitriles is 1. The number of halogens is 4. The maximum atomic E-state index is 13.8. The molecular weight excluding hydrogens is 583 g/mol. The second kappa shape index (κ2) is 13.6. The number of unbranched alkanes of at least 4 members (excludes halogenated alkanes) is 3. The van der Waals surface area contributed by atoms with Crippen LogP contribution in [-0.2, 0) is 10.7 Å². The topological polar surface area (TPSA) is 55.0 Å². The molecule has 9 heteroatoms. The van der Waals surface area contributed by atoms with Gasteiger partial charge in [-0.2, -0.15) is 0 Å². The van der Waals surface area contributed by atoms with Gasteiger partial charge in [0.1, 0.15) is 0 Å². The van der Waals surface area contributed by atoms with Crippen molar-refractivity contribution in [2.45, 2.75) is 83.3 Å². The van der Waals surface area contributed by atoms with Gasteiger partial charge in [-0.1, -0.05) is 0 Å². The van der Waals surface area contributed by atoms with Gasteiger partial charge in [0.15, 0.2) is 0 Å². The van der Waals surface area contributed by atoms with Crippen LogP contribution in [0, 0.1) is 11.3 Å². The first-order valence-corrected chi connectivity index (χ1v) is 20.7. The second-order valence-electron chi connectivity index (χ2n) is 9.19. The third-order valence-corrected chi connectivity index (χ3v) is 21.5. The molecule has 0 atom stereocenters. The summed E-state index contributed by atoms with van der Waals surface area (Å²) in [6.07, 6.45) is 2.95. The molecule has 0 aliphatic heterocycles. The molecule has 0 spiro atoms. The van der Waals surface area contributed by atoms with Gasteiger partial charge in [0, 0.05) is 0 Å². The van der Waals surface area contributed by atoms with Crippen molar-refractivity contribution in [1.29, 1.82) is 5.26 Å². The summed E-state index contributed by atoms with van der Waals surface area (Å²) < 4.78 is 52.4. The van der Waals surface area contributed by atoms with Gasteiger partial charge < -0.3 is 0 Å². The van der Waals surface area contributed by atoms with E-state index in [1.54, 1.807) is 0 Å². The van der Waals surface area contributed by atoms with Gasteiger partial charge in [0.25, 0.3) is 0 Å². The van der Waals surface area contributed by atoms with Gasteiger partial charge in [0.05, 0.1) is 0 Å². The number of rotatable bonds is 13. The zero-order valence-electron chi connectivity index (χ0n) is 20.7. The zero-order valence-corrected chi connectivity index (χ0v) is 24.3. The Balaban J connectivity index is 2.59. The number of aromatic nitrogens is 1. The number of nitrogens with zero attached hydrogens (tertiary/aromatic N) is 2. The molecule has 1 aromatic heterocycles. The molecule has 0 fully saturated rings. The Morgan fingerprint density at radius 2 is 1.60 bits per heavy atom. The van der Waals surface area contributed by atoms with Gasteiger partial charge >= 0.3 is 216 Å². The molecule has 1 aromatic carbocycles. The first kappa shape index (κ1) is 29.6. The van der Waals surface area contributed by atoms with Gasteiger partial charge in [-0.05, 0) is 0 Å². The number of hydrogen-bond acceptors (Lipinski definition) is 3. The van der Waals surface area contributed by atoms with Crippen LogP contribution in [0.5, 0.6) is 11.5 Å². The average molecular weight is 618 g/mol. The molecule has 0 N–H and O–H groups in total. The van der Waals surface area contributed by atoms with E-state index in [1.807, 2.05) is 6.07 Å². The summed E-state index contributed by atoms with van der Waals surface area (Å²) in [7, 11) is 0. The fourth-order valence-corrected chi connectivity index (χ4v) is 20.4. The van der Waals surface area contributed by atoms with Crippen molar-refractivity contribution in [3.63, 3.8) is 0 Å². The van der Waals surface area contributed by atoms with E-state index < -0.39 is 41.4 Å². The van der Waals surface area contributed by atoms with Crippen molar-refractivity contribution in [2.75, 3.05) is 0 Å². The summed E-state index contributed by atoms with van der Waals surface area (Å²) >= 11 is 3.11. The molecule has 0 aliphatic carbocycles. The first-order chi connectivity index (χ1) is 16.6. The molecule has 2 aromatic rings. The van der Waals surface area contributed by atoms with E-state index in [0.29, 0.717) is 4.56 Å². The van der Waals surface area contributed by atoms with E-state index in [2.05, 4.69) is 20.8 Å². The van der Waals surface area contributed by atoms with Crippen LogP contribution in [0.25, 0.3) is 0 Å². The Kier molecular flexibility index (Phi) is 11.5. The number of ether oxygens (including phenoxy) is 1. The zero-order chi connectivity index (χ0) is 26.1. The molecule has 0 saturated heterocycles. The predicted molar refractivity (Wildman–Crippen MR) is 137 cm³/mol. The van der Waals surface area contributed by atoms with Crippen LogP contribution in [0.4, 0.5) is 13.2 Å². The van der Waals surface area contributed by atoms with Crippen LogP contribution in [0.2, 0.25) is 18.3 Å². The fraction of sp³-hybridized carbons (Fsp3) is 0.538. The molecule has 0 amide bonds. The van der Waals surface area contributed by atoms with Gasteiger partial charge in [0.2, 0.25) is 0 Å². The van der Waals surface area contributed by atoms with Crippen molar-refractivity contribution in [1.82, 2.24) is 4.57 Å². The molecule has 0 radical (unpaired) electrons. The Morgan fingerprint density at radius 1 is 1.03 bits per heavy atom. The van der Waals surface area contributed by atoms with Crippen LogP contribution in [0.15, 0.2) is 35.3 Å². The van der Waals surface area contributed by atoms with Crippen molar-refractivity contribution in [2.24, 2.45) is 0 Å². The average Bonchev–Trinajstić information content (AvgIpc) is 2.81. The molecule has 4 nitrogen and oxygen atoms in total. The fourth-order valence-electron chi connectivity index (χ4n) is 4.43. The summed E-state index contributed by atoms with van der Waals surface area (Å²) in [6.45, 7) is 6.44. The Morgan fingerprint density at radius 3 is 2.09 bits per heavy atom. The molecule has 1 heterocycles. The summed E-state index contributed by atoms with van der Waals surface area (Å²) in [5.74, 6) is -0.847. The van der Waals surface area contributed by atoms with Crippen LogP contribution < -0.4 is 10.3 Å². The molecule has 0 unspecified atom stereocenters. The quantitative estimate of drug-likeness (QED) is 0.212. The first-order valence-electron chi connectivity index (χ1n) is 12.3. The molecule has 0 saturated carbocycles. The maximum absolute atomic E-state index is 13.8. The Bertz CT molecular complexity index is 1060. The van der Waals surface area contributed by atoms with Crippen molar-refractivity contribution in [3.05, 3.63) is 57.0 Å². The predicted octanol–water partition coefficient (Wildman–Crippen LogP) is 8.57. The normalized spacial score (nSPS) is 11.9. The van der Waals surface area contributed by atoms with E-state index in [0.717, 1.165) is 57.9 Å². The van der Waals surface area contributed by atoms with E-state index in [4.69, 9.17) is 16.3 Å². The summed E-state index contributed by atoms with van der Waals surface area (Å²) in [5, 5.41) is 9.31. The Hall–Kier alpha value is -1.66. The van der Waals surface area contributed by atoms with Gasteiger partial charge in [-0.3, -0.25) is 0 Å². The van der Waals surface area contributed by atoms with E-state index >= 15 is 0 Å². The minimum atomic E-state index is -4.77. The number of pyridine rings is 1. The standard InChI is InChI=1S/C14H7ClF3N2O2.3C4H9.Sn/c1-20-3-2-11(14(16,17)18)12(13(20)21)22-10-5-8(7-19)4-9(15)6-10;3*1-3-4-2;/h2-6H,1H2;3*1,3-4H2,2H3;. The molecular formula is C26H34ClF3N2O2Sn. The molecule has 192 valence electrons. The number of benzene rings is 1. The van der Waals surface area contributed by atoms with Crippen LogP contribution in [0.1, 0.15) is 70.4 Å². The third-order valence-electron chi connectivity index (χ3n) is 6.33. The minimum absolute atomic E-state index is 0.0767. The van der Waals surface area contributed by atoms with Crippen molar-refractivity contribution >= 4 is 30.0 Å². The van der Waals surface area contributed by atoms with Crippen LogP contribution in [-0.4, -0.2) is 22.9 Å². The van der Waals surface area contributed by atoms with Crippen LogP contribution in [0.3, 0.4) is 0 Å². The van der Waals surface area contributed by atoms with Crippen molar-refractivity contribution < 1.29 is 17.9 Å². The number of hydrogen-bond donors (Lipinski definition) is 0. The van der Waals surface area contributed by atoms with E-state index in [9.17, 15) is 23.2 Å². The van der Waals surface area contributed by atoms with E-state index in [1.165, 1.54) is 29.0 Å². The molecule has 0 bridgehead atoms. The second-order valence-corrected chi connectivity index (χ2v) is 23.4. The van der Waals surface area contributed by atoms with E-state index in [-0.39, 0.29) is 16.3 Å². The van der Waals surface area contributed by atoms with Crippen molar-refractivity contribution in [3.8, 4) is 17.6 Å². The van der Waals surface area contributed by atoms with Crippen LogP contribution >= 0.6 is 11.6 Å². The molecule has 2 rings (SSSR count). The van der Waals surface area contributed by atoms with Gasteiger partial charge in [-0.25, -0.2) is 0 Å². The van der Waals surface area contributed by atoms with Gasteiger partial charge in [-0.15, -0.1) is 0 Å².